The SMILES string of the molecule is CC(CCN1CCC2C(C1)c1cccc3c1N2CCCS3)C(O)(c1ccc(Cl)cc1)c1ccc(Cl)cc1. The van der Waals surface area contributed by atoms with Gasteiger partial charge in [0.15, 0.2) is 0 Å². The fourth-order valence-corrected chi connectivity index (χ4v) is 8.03. The summed E-state index contributed by atoms with van der Waals surface area (Å²) in [6, 6.07) is 22.8. The average Bonchev–Trinajstić information content (AvgIpc) is 3.07. The van der Waals surface area contributed by atoms with Crippen molar-refractivity contribution in [2.24, 2.45) is 5.92 Å². The van der Waals surface area contributed by atoms with E-state index in [-0.39, 0.29) is 5.92 Å². The molecule has 3 aliphatic heterocycles. The van der Waals surface area contributed by atoms with Crippen molar-refractivity contribution in [1.82, 2.24) is 4.90 Å². The Morgan fingerprint density at radius 3 is 2.32 bits per heavy atom. The lowest BCUT2D eigenvalue weighted by Gasteiger charge is -2.40. The lowest BCUT2D eigenvalue weighted by molar-refractivity contribution is 0.0145. The Bertz CT molecular complexity index is 1200. The monoisotopic (exact) mass is 552 g/mol. The van der Waals surface area contributed by atoms with Crippen molar-refractivity contribution in [2.75, 3.05) is 36.8 Å². The molecule has 3 heterocycles. The lowest BCUT2D eigenvalue weighted by Crippen LogP contribution is -2.47. The van der Waals surface area contributed by atoms with Crippen LogP contribution >= 0.6 is 35.0 Å². The number of likely N-dealkylation sites (tertiary alicyclic amines) is 1. The normalized spacial score (nSPS) is 22.3. The van der Waals surface area contributed by atoms with Gasteiger partial charge in [-0.1, -0.05) is 66.5 Å². The number of para-hydroxylation sites is 1. The number of aliphatic hydroxyl groups is 1. The number of benzene rings is 3. The summed E-state index contributed by atoms with van der Waals surface area (Å²) in [7, 11) is 0. The summed E-state index contributed by atoms with van der Waals surface area (Å²) in [6.45, 7) is 6.52. The molecule has 3 aliphatic rings. The zero-order valence-corrected chi connectivity index (χ0v) is 23.6. The van der Waals surface area contributed by atoms with Gasteiger partial charge in [-0.25, -0.2) is 0 Å². The minimum atomic E-state index is -1.12. The Hall–Kier alpha value is -1.69. The van der Waals surface area contributed by atoms with Crippen LogP contribution in [0.5, 0.6) is 0 Å². The Balaban J connectivity index is 1.21. The summed E-state index contributed by atoms with van der Waals surface area (Å²) in [5, 5.41) is 13.6. The van der Waals surface area contributed by atoms with E-state index in [0.29, 0.717) is 22.0 Å². The van der Waals surface area contributed by atoms with E-state index in [1.807, 2.05) is 60.3 Å². The van der Waals surface area contributed by atoms with Gasteiger partial charge in [0.25, 0.3) is 0 Å². The van der Waals surface area contributed by atoms with Crippen LogP contribution in [0.15, 0.2) is 71.6 Å². The quantitative estimate of drug-likeness (QED) is 0.344. The van der Waals surface area contributed by atoms with Gasteiger partial charge in [-0.05, 0) is 84.5 Å². The van der Waals surface area contributed by atoms with Crippen LogP contribution in [0.4, 0.5) is 5.69 Å². The highest BCUT2D eigenvalue weighted by molar-refractivity contribution is 7.99. The fraction of sp³-hybridized carbons (Fsp3) is 0.419. The zero-order chi connectivity index (χ0) is 25.6. The second-order valence-electron chi connectivity index (χ2n) is 10.8. The second-order valence-corrected chi connectivity index (χ2v) is 12.8. The summed E-state index contributed by atoms with van der Waals surface area (Å²) < 4.78 is 0. The average molecular weight is 554 g/mol. The van der Waals surface area contributed by atoms with E-state index < -0.39 is 5.60 Å². The molecular formula is C31H34Cl2N2OS. The molecule has 0 radical (unpaired) electrons. The summed E-state index contributed by atoms with van der Waals surface area (Å²) in [5.74, 6) is 1.80. The van der Waals surface area contributed by atoms with Gasteiger partial charge in [0, 0.05) is 46.5 Å². The molecule has 0 saturated carbocycles. The molecule has 3 atom stereocenters. The van der Waals surface area contributed by atoms with Crippen LogP contribution in [0.2, 0.25) is 10.0 Å². The summed E-state index contributed by atoms with van der Waals surface area (Å²) in [6.07, 6.45) is 3.36. The molecule has 3 aromatic rings. The highest BCUT2D eigenvalue weighted by Gasteiger charge is 2.44. The Morgan fingerprint density at radius 2 is 1.65 bits per heavy atom. The van der Waals surface area contributed by atoms with E-state index in [1.165, 1.54) is 35.7 Å². The number of rotatable bonds is 6. The molecule has 3 aromatic carbocycles. The molecular weight excluding hydrogens is 519 g/mol. The Labute approximate surface area is 234 Å². The predicted octanol–water partition coefficient (Wildman–Crippen LogP) is 7.43. The molecule has 37 heavy (non-hydrogen) atoms. The van der Waals surface area contributed by atoms with Crippen LogP contribution in [-0.2, 0) is 5.60 Å². The van der Waals surface area contributed by atoms with Gasteiger partial charge in [0.1, 0.15) is 5.60 Å². The molecule has 0 amide bonds. The van der Waals surface area contributed by atoms with Crippen LogP contribution in [0, 0.1) is 5.92 Å². The van der Waals surface area contributed by atoms with Gasteiger partial charge in [0.05, 0.1) is 5.69 Å². The van der Waals surface area contributed by atoms with Gasteiger partial charge in [0.2, 0.25) is 0 Å². The number of fused-ring (bicyclic) bond motifs is 3. The first kappa shape index (κ1) is 25.6. The molecule has 3 unspecified atom stereocenters. The summed E-state index contributed by atoms with van der Waals surface area (Å²) >= 11 is 14.4. The highest BCUT2D eigenvalue weighted by atomic mass is 35.5. The van der Waals surface area contributed by atoms with E-state index in [2.05, 4.69) is 34.9 Å². The Kier molecular flexibility index (Phi) is 7.24. The van der Waals surface area contributed by atoms with E-state index in [0.717, 1.165) is 37.2 Å². The van der Waals surface area contributed by atoms with Crippen LogP contribution in [-0.4, -0.2) is 48.0 Å². The fourth-order valence-electron chi connectivity index (χ4n) is 6.74. The van der Waals surface area contributed by atoms with Crippen molar-refractivity contribution >= 4 is 40.7 Å². The maximum Gasteiger partial charge on any atom is 0.117 e. The third kappa shape index (κ3) is 4.70. The molecule has 0 bridgehead atoms. The van der Waals surface area contributed by atoms with E-state index >= 15 is 0 Å². The molecule has 6 heteroatoms. The predicted molar refractivity (Wildman–Crippen MR) is 156 cm³/mol. The number of nitrogens with zero attached hydrogens (tertiary/aromatic N) is 2. The summed E-state index contributed by atoms with van der Waals surface area (Å²) in [4.78, 5) is 6.83. The van der Waals surface area contributed by atoms with Gasteiger partial charge in [-0.3, -0.25) is 0 Å². The van der Waals surface area contributed by atoms with Crippen molar-refractivity contribution < 1.29 is 5.11 Å². The first-order valence-electron chi connectivity index (χ1n) is 13.4. The molecule has 6 rings (SSSR count). The third-order valence-electron chi connectivity index (χ3n) is 8.74. The molecule has 0 spiro atoms. The highest BCUT2D eigenvalue weighted by Crippen LogP contribution is 2.50. The zero-order valence-electron chi connectivity index (χ0n) is 21.2. The number of piperidine rings is 1. The van der Waals surface area contributed by atoms with Gasteiger partial charge in [-0.15, -0.1) is 11.8 Å². The first-order valence-corrected chi connectivity index (χ1v) is 15.2. The minimum Gasteiger partial charge on any atom is -0.380 e. The molecule has 3 nitrogen and oxygen atoms in total. The molecule has 1 fully saturated rings. The summed E-state index contributed by atoms with van der Waals surface area (Å²) in [5.41, 5.74) is 3.69. The number of hydrogen-bond acceptors (Lipinski definition) is 4. The van der Waals surface area contributed by atoms with Crippen LogP contribution < -0.4 is 4.90 Å². The minimum absolute atomic E-state index is 0.00790. The molecule has 194 valence electrons. The van der Waals surface area contributed by atoms with Crippen molar-refractivity contribution in [3.8, 4) is 0 Å². The molecule has 0 aromatic heterocycles. The van der Waals surface area contributed by atoms with Crippen molar-refractivity contribution in [3.63, 3.8) is 0 Å². The van der Waals surface area contributed by atoms with E-state index in [4.69, 9.17) is 23.2 Å². The largest absolute Gasteiger partial charge is 0.380 e. The van der Waals surface area contributed by atoms with Crippen LogP contribution in [0.3, 0.4) is 0 Å². The topological polar surface area (TPSA) is 26.7 Å². The number of hydrogen-bond donors (Lipinski definition) is 1. The van der Waals surface area contributed by atoms with Gasteiger partial charge < -0.3 is 14.9 Å². The number of thioether (sulfide) groups is 1. The van der Waals surface area contributed by atoms with Crippen molar-refractivity contribution in [2.45, 2.75) is 48.6 Å². The van der Waals surface area contributed by atoms with Crippen LogP contribution in [0.25, 0.3) is 0 Å². The van der Waals surface area contributed by atoms with Gasteiger partial charge in [-0.2, -0.15) is 0 Å². The number of anilines is 1. The van der Waals surface area contributed by atoms with Crippen LogP contribution in [0.1, 0.15) is 48.8 Å². The van der Waals surface area contributed by atoms with Gasteiger partial charge >= 0.3 is 0 Å². The standard InChI is InChI=1S/C31H34Cl2N2OS/c1-21(31(36,22-6-10-24(32)11-7-22)23-8-12-25(33)13-9-23)14-17-34-18-15-28-27(20-34)26-4-2-5-29-30(26)35(28)16-3-19-37-29/h2,4-13,21,27-28,36H,3,14-20H2,1H3. The maximum absolute atomic E-state index is 12.2. The molecule has 1 saturated heterocycles. The van der Waals surface area contributed by atoms with Crippen molar-refractivity contribution in [3.05, 3.63) is 93.5 Å². The second kappa shape index (κ2) is 10.5. The Morgan fingerprint density at radius 1 is 0.973 bits per heavy atom. The molecule has 0 aliphatic carbocycles. The smallest absolute Gasteiger partial charge is 0.117 e. The number of halogens is 2. The van der Waals surface area contributed by atoms with E-state index in [9.17, 15) is 5.11 Å². The maximum atomic E-state index is 12.2. The third-order valence-corrected chi connectivity index (χ3v) is 10.4. The molecule has 1 N–H and O–H groups in total. The lowest BCUT2D eigenvalue weighted by atomic mass is 9.75. The van der Waals surface area contributed by atoms with E-state index in [1.54, 1.807) is 5.56 Å². The first-order chi connectivity index (χ1) is 17.9. The van der Waals surface area contributed by atoms with Crippen molar-refractivity contribution in [1.29, 1.82) is 0 Å².